The molecule has 0 bridgehead atoms. The van der Waals surface area contributed by atoms with Crippen molar-refractivity contribution in [3.63, 3.8) is 0 Å². The zero-order chi connectivity index (χ0) is 19.7. The Balaban J connectivity index is 1.45. The molecular formula is C19H25N7O2. The van der Waals surface area contributed by atoms with E-state index >= 15 is 0 Å². The fraction of sp³-hybridized carbons (Fsp3) is 0.526. The van der Waals surface area contributed by atoms with Gasteiger partial charge < -0.3 is 14.7 Å². The first-order chi connectivity index (χ1) is 13.5. The average molecular weight is 383 g/mol. The molecule has 2 fully saturated rings. The van der Waals surface area contributed by atoms with Gasteiger partial charge in [-0.15, -0.1) is 0 Å². The number of carbonyl (C=O) groups is 1. The van der Waals surface area contributed by atoms with E-state index in [0.29, 0.717) is 25.2 Å². The number of aromatic amines is 1. The summed E-state index contributed by atoms with van der Waals surface area (Å²) < 4.78 is 0. The Bertz CT molecular complexity index is 881. The molecule has 1 N–H and O–H groups in total. The SMILES string of the molecule is CN(C)c1cc(N(C2CC2)C2CCN(C(=O)c3ccc(=O)[nH]n3)CC2)ncn1. The van der Waals surface area contributed by atoms with Gasteiger partial charge >= 0.3 is 0 Å². The quantitative estimate of drug-likeness (QED) is 0.819. The molecule has 0 atom stereocenters. The van der Waals surface area contributed by atoms with Gasteiger partial charge in [-0.25, -0.2) is 15.1 Å². The van der Waals surface area contributed by atoms with Gasteiger partial charge in [-0.3, -0.25) is 9.59 Å². The predicted octanol–water partition coefficient (Wildman–Crippen LogP) is 0.900. The molecule has 2 aromatic rings. The lowest BCUT2D eigenvalue weighted by Gasteiger charge is -2.39. The predicted molar refractivity (Wildman–Crippen MR) is 106 cm³/mol. The zero-order valence-corrected chi connectivity index (χ0v) is 16.2. The monoisotopic (exact) mass is 383 g/mol. The first-order valence-corrected chi connectivity index (χ1v) is 9.65. The molecule has 1 saturated carbocycles. The topological polar surface area (TPSA) is 98.3 Å². The van der Waals surface area contributed by atoms with Crippen LogP contribution in [0.25, 0.3) is 0 Å². The van der Waals surface area contributed by atoms with Crippen LogP contribution in [0, 0.1) is 0 Å². The molecule has 0 unspecified atom stereocenters. The Morgan fingerprint density at radius 1 is 1.07 bits per heavy atom. The molecule has 0 radical (unpaired) electrons. The standard InChI is InChI=1S/C19H25N7O2/c1-24(2)16-11-17(21-12-20-16)26(13-3-4-13)14-7-9-25(10-8-14)19(28)15-5-6-18(27)23-22-15/h5-6,11-14H,3-4,7-10H2,1-2H3,(H,23,27). The summed E-state index contributed by atoms with van der Waals surface area (Å²) in [6.07, 6.45) is 5.75. The molecule has 0 aromatic carbocycles. The number of likely N-dealkylation sites (tertiary alicyclic amines) is 1. The fourth-order valence-electron chi connectivity index (χ4n) is 3.72. The number of piperidine rings is 1. The van der Waals surface area contributed by atoms with Gasteiger partial charge in [0.1, 0.15) is 23.7 Å². The summed E-state index contributed by atoms with van der Waals surface area (Å²) in [7, 11) is 3.95. The molecule has 1 aliphatic carbocycles. The van der Waals surface area contributed by atoms with Crippen LogP contribution in [0.15, 0.2) is 29.3 Å². The maximum atomic E-state index is 12.6. The number of hydrogen-bond donors (Lipinski definition) is 1. The minimum Gasteiger partial charge on any atom is -0.363 e. The van der Waals surface area contributed by atoms with E-state index in [2.05, 4.69) is 25.1 Å². The van der Waals surface area contributed by atoms with Crippen molar-refractivity contribution in [1.29, 1.82) is 0 Å². The van der Waals surface area contributed by atoms with Crippen LogP contribution in [0.1, 0.15) is 36.2 Å². The highest BCUT2D eigenvalue weighted by Crippen LogP contribution is 2.36. The van der Waals surface area contributed by atoms with Crippen molar-refractivity contribution in [3.05, 3.63) is 40.6 Å². The summed E-state index contributed by atoms with van der Waals surface area (Å²) in [5, 5.41) is 6.19. The van der Waals surface area contributed by atoms with Crippen LogP contribution >= 0.6 is 0 Å². The maximum absolute atomic E-state index is 12.6. The number of H-pyrrole nitrogens is 1. The second-order valence-electron chi connectivity index (χ2n) is 7.60. The van der Waals surface area contributed by atoms with Crippen molar-refractivity contribution in [2.45, 2.75) is 37.8 Å². The van der Waals surface area contributed by atoms with E-state index in [1.807, 2.05) is 30.0 Å². The Kier molecular flexibility index (Phi) is 4.97. The van der Waals surface area contributed by atoms with Gasteiger partial charge in [0.25, 0.3) is 11.5 Å². The van der Waals surface area contributed by atoms with E-state index in [1.54, 1.807) is 6.33 Å². The summed E-state index contributed by atoms with van der Waals surface area (Å²) in [5.41, 5.74) is -0.0270. The van der Waals surface area contributed by atoms with E-state index < -0.39 is 0 Å². The van der Waals surface area contributed by atoms with Crippen molar-refractivity contribution in [1.82, 2.24) is 25.1 Å². The molecule has 9 heteroatoms. The van der Waals surface area contributed by atoms with Gasteiger partial charge in [0.05, 0.1) is 0 Å². The van der Waals surface area contributed by atoms with Gasteiger partial charge in [-0.05, 0) is 31.7 Å². The van der Waals surface area contributed by atoms with E-state index in [4.69, 9.17) is 0 Å². The molecule has 0 spiro atoms. The molecular weight excluding hydrogens is 358 g/mol. The van der Waals surface area contributed by atoms with Crippen LogP contribution in [0.3, 0.4) is 0 Å². The number of amides is 1. The normalized spacial score (nSPS) is 17.4. The van der Waals surface area contributed by atoms with E-state index in [1.165, 1.54) is 25.0 Å². The lowest BCUT2D eigenvalue weighted by atomic mass is 10.0. The maximum Gasteiger partial charge on any atom is 0.274 e. The molecule has 2 aliphatic rings. The zero-order valence-electron chi connectivity index (χ0n) is 16.2. The summed E-state index contributed by atoms with van der Waals surface area (Å²) in [6, 6.07) is 5.73. The van der Waals surface area contributed by atoms with Gasteiger partial charge in [-0.2, -0.15) is 5.10 Å². The molecule has 3 heterocycles. The summed E-state index contributed by atoms with van der Waals surface area (Å²) in [6.45, 7) is 1.33. The summed E-state index contributed by atoms with van der Waals surface area (Å²) in [4.78, 5) is 38.8. The third-order valence-electron chi connectivity index (χ3n) is 5.34. The first kappa shape index (κ1) is 18.4. The number of hydrogen-bond acceptors (Lipinski definition) is 7. The van der Waals surface area contributed by atoms with E-state index in [-0.39, 0.29) is 17.2 Å². The molecule has 1 aliphatic heterocycles. The van der Waals surface area contributed by atoms with Crippen molar-refractivity contribution in [2.75, 3.05) is 37.0 Å². The number of carbonyl (C=O) groups excluding carboxylic acids is 1. The fourth-order valence-corrected chi connectivity index (χ4v) is 3.72. The molecule has 9 nitrogen and oxygen atoms in total. The number of nitrogens with one attached hydrogen (secondary N) is 1. The number of aromatic nitrogens is 4. The smallest absolute Gasteiger partial charge is 0.274 e. The highest BCUT2D eigenvalue weighted by atomic mass is 16.2. The molecule has 1 saturated heterocycles. The Hall–Kier alpha value is -2.97. The van der Waals surface area contributed by atoms with Crippen molar-refractivity contribution < 1.29 is 4.79 Å². The summed E-state index contributed by atoms with van der Waals surface area (Å²) in [5.74, 6) is 1.73. The second-order valence-corrected chi connectivity index (χ2v) is 7.60. The number of anilines is 2. The van der Waals surface area contributed by atoms with Gasteiger partial charge in [0.15, 0.2) is 0 Å². The highest BCUT2D eigenvalue weighted by Gasteiger charge is 2.37. The largest absolute Gasteiger partial charge is 0.363 e. The second kappa shape index (κ2) is 7.57. The highest BCUT2D eigenvalue weighted by molar-refractivity contribution is 5.92. The van der Waals surface area contributed by atoms with Crippen LogP contribution in [0.2, 0.25) is 0 Å². The van der Waals surface area contributed by atoms with Crippen LogP contribution in [-0.2, 0) is 0 Å². The van der Waals surface area contributed by atoms with Crippen LogP contribution in [-0.4, -0.2) is 70.2 Å². The summed E-state index contributed by atoms with van der Waals surface area (Å²) >= 11 is 0. The average Bonchev–Trinajstić information content (AvgIpc) is 3.54. The third-order valence-corrected chi connectivity index (χ3v) is 5.34. The molecule has 28 heavy (non-hydrogen) atoms. The molecule has 1 amide bonds. The molecule has 4 rings (SSSR count). The van der Waals surface area contributed by atoms with Crippen molar-refractivity contribution in [3.8, 4) is 0 Å². The Morgan fingerprint density at radius 2 is 1.75 bits per heavy atom. The third kappa shape index (κ3) is 3.83. The van der Waals surface area contributed by atoms with E-state index in [9.17, 15) is 9.59 Å². The minimum absolute atomic E-state index is 0.135. The van der Waals surface area contributed by atoms with Gasteiger partial charge in [0, 0.05) is 51.4 Å². The van der Waals surface area contributed by atoms with Gasteiger partial charge in [0.2, 0.25) is 0 Å². The number of rotatable bonds is 5. The minimum atomic E-state index is -0.308. The first-order valence-electron chi connectivity index (χ1n) is 9.65. The molecule has 148 valence electrons. The Morgan fingerprint density at radius 3 is 2.36 bits per heavy atom. The number of nitrogens with zero attached hydrogens (tertiary/aromatic N) is 6. The van der Waals surface area contributed by atoms with Crippen molar-refractivity contribution in [2.24, 2.45) is 0 Å². The van der Waals surface area contributed by atoms with Crippen molar-refractivity contribution >= 4 is 17.5 Å². The Labute approximate surface area is 163 Å². The lowest BCUT2D eigenvalue weighted by Crippen LogP contribution is -2.48. The van der Waals surface area contributed by atoms with Crippen LogP contribution in [0.4, 0.5) is 11.6 Å². The van der Waals surface area contributed by atoms with Crippen LogP contribution < -0.4 is 15.4 Å². The molecule has 2 aromatic heterocycles. The van der Waals surface area contributed by atoms with Crippen LogP contribution in [0.5, 0.6) is 0 Å². The van der Waals surface area contributed by atoms with Gasteiger partial charge in [-0.1, -0.05) is 0 Å². The van der Waals surface area contributed by atoms with E-state index in [0.717, 1.165) is 24.5 Å². The lowest BCUT2D eigenvalue weighted by molar-refractivity contribution is 0.0704.